The van der Waals surface area contributed by atoms with Crippen LogP contribution in [0.3, 0.4) is 0 Å². The van der Waals surface area contributed by atoms with Crippen molar-refractivity contribution < 1.29 is 33.3 Å². The summed E-state index contributed by atoms with van der Waals surface area (Å²) in [6.45, 7) is 7.00. The topological polar surface area (TPSA) is 104 Å². The number of aromatic amines is 1. The van der Waals surface area contributed by atoms with Crippen LogP contribution in [-0.2, 0) is 9.47 Å². The van der Waals surface area contributed by atoms with E-state index in [0.29, 0.717) is 39.4 Å². The van der Waals surface area contributed by atoms with Gasteiger partial charge in [-0.15, -0.1) is 0 Å². The van der Waals surface area contributed by atoms with E-state index in [-0.39, 0.29) is 17.9 Å². The number of H-pyrrole nitrogens is 1. The Kier molecular flexibility index (Phi) is 8.05. The molecule has 1 heterocycles. The Balaban J connectivity index is 2.16. The van der Waals surface area contributed by atoms with Crippen molar-refractivity contribution in [3.63, 3.8) is 0 Å². The summed E-state index contributed by atoms with van der Waals surface area (Å²) < 4.78 is 21.5. The number of aryl methyl sites for hydroxylation is 1. The van der Waals surface area contributed by atoms with Gasteiger partial charge in [-0.2, -0.15) is 0 Å². The summed E-state index contributed by atoms with van der Waals surface area (Å²) in [6.07, 6.45) is 0. The normalized spacial score (nSPS) is 10.5. The maximum absolute atomic E-state index is 12.6. The number of carbonyl (C=O) groups is 3. The van der Waals surface area contributed by atoms with E-state index in [0.717, 1.165) is 0 Å². The van der Waals surface area contributed by atoms with Gasteiger partial charge in [-0.3, -0.25) is 4.79 Å². The molecule has 0 amide bonds. The van der Waals surface area contributed by atoms with E-state index in [1.54, 1.807) is 20.8 Å². The van der Waals surface area contributed by atoms with Crippen molar-refractivity contribution in [2.45, 2.75) is 27.7 Å². The number of Topliss-reactive ketones (excluding diaryl/α,β-unsaturated/α-hetero) is 1. The predicted molar refractivity (Wildman–Crippen MR) is 113 cm³/mol. The molecule has 0 atom stereocenters. The lowest BCUT2D eigenvalue weighted by Crippen LogP contribution is -2.16. The van der Waals surface area contributed by atoms with Gasteiger partial charge in [0.2, 0.25) is 5.78 Å². The van der Waals surface area contributed by atoms with E-state index in [1.807, 2.05) is 6.92 Å². The third-order valence-electron chi connectivity index (χ3n) is 4.28. The van der Waals surface area contributed by atoms with E-state index in [9.17, 15) is 14.4 Å². The molecule has 0 saturated heterocycles. The molecule has 8 nitrogen and oxygen atoms in total. The summed E-state index contributed by atoms with van der Waals surface area (Å²) in [7, 11) is 1.46. The van der Waals surface area contributed by atoms with E-state index >= 15 is 0 Å². The molecule has 0 radical (unpaired) electrons. The average molecular weight is 482 g/mol. The summed E-state index contributed by atoms with van der Waals surface area (Å²) in [5.74, 6) is -0.831. The lowest BCUT2D eigenvalue weighted by molar-refractivity contribution is 0.0472. The third-order valence-corrected chi connectivity index (χ3v) is 4.87. The summed E-state index contributed by atoms with van der Waals surface area (Å²) in [4.78, 5) is 40.0. The van der Waals surface area contributed by atoms with E-state index in [4.69, 9.17) is 18.9 Å². The number of hydrogen-bond donors (Lipinski definition) is 1. The van der Waals surface area contributed by atoms with Crippen molar-refractivity contribution in [1.82, 2.24) is 4.98 Å². The second-order valence-corrected chi connectivity index (χ2v) is 7.12. The zero-order chi connectivity index (χ0) is 22.4. The van der Waals surface area contributed by atoms with Gasteiger partial charge in [-0.05, 0) is 61.3 Å². The number of ketones is 1. The molecule has 9 heteroatoms. The molecule has 0 spiro atoms. The zero-order valence-electron chi connectivity index (χ0n) is 17.5. The molecule has 0 aliphatic rings. The lowest BCUT2D eigenvalue weighted by atomic mass is 10.1. The van der Waals surface area contributed by atoms with Gasteiger partial charge < -0.3 is 23.9 Å². The highest BCUT2D eigenvalue weighted by Gasteiger charge is 2.24. The molecule has 0 unspecified atom stereocenters. The van der Waals surface area contributed by atoms with Crippen LogP contribution in [0.1, 0.15) is 56.3 Å². The molecule has 2 rings (SSSR count). The minimum Gasteiger partial charge on any atom is -0.493 e. The molecular formula is C21H24BrNO7. The van der Waals surface area contributed by atoms with E-state index in [1.165, 1.54) is 19.2 Å². The van der Waals surface area contributed by atoms with Crippen molar-refractivity contribution in [3.05, 3.63) is 44.7 Å². The van der Waals surface area contributed by atoms with Crippen LogP contribution in [0.2, 0.25) is 0 Å². The van der Waals surface area contributed by atoms with Crippen molar-refractivity contribution in [1.29, 1.82) is 0 Å². The number of rotatable bonds is 9. The van der Waals surface area contributed by atoms with Crippen LogP contribution >= 0.6 is 15.9 Å². The number of methoxy groups -OCH3 is 1. The van der Waals surface area contributed by atoms with E-state index < -0.39 is 24.3 Å². The number of benzene rings is 1. The summed E-state index contributed by atoms with van der Waals surface area (Å²) in [5, 5.41) is 0. The molecule has 0 saturated carbocycles. The maximum Gasteiger partial charge on any atom is 0.355 e. The Bertz CT molecular complexity index is 965. The van der Waals surface area contributed by atoms with Crippen molar-refractivity contribution in [2.75, 3.05) is 26.9 Å². The van der Waals surface area contributed by atoms with Crippen molar-refractivity contribution in [3.8, 4) is 11.5 Å². The molecule has 30 heavy (non-hydrogen) atoms. The predicted octanol–water partition coefficient (Wildman–Crippen LogP) is 4.02. The first-order chi connectivity index (χ1) is 14.2. The SMILES string of the molecule is CCOC(=O)c1[nH]c(C)c(C(=O)COC(=O)c2cc(Br)c(OCC)c(OC)c2)c1C. The Labute approximate surface area is 183 Å². The first-order valence-electron chi connectivity index (χ1n) is 9.31. The highest BCUT2D eigenvalue weighted by atomic mass is 79.9. The largest absolute Gasteiger partial charge is 0.493 e. The van der Waals surface area contributed by atoms with Crippen LogP contribution in [0, 0.1) is 13.8 Å². The van der Waals surface area contributed by atoms with Crippen LogP contribution in [0.15, 0.2) is 16.6 Å². The van der Waals surface area contributed by atoms with Crippen LogP contribution in [0.4, 0.5) is 0 Å². The Morgan fingerprint density at radius 2 is 1.73 bits per heavy atom. The molecule has 0 aliphatic heterocycles. The first kappa shape index (κ1) is 23.5. The molecule has 2 aromatic rings. The number of carbonyl (C=O) groups excluding carboxylic acids is 3. The van der Waals surface area contributed by atoms with Gasteiger partial charge in [-0.1, -0.05) is 0 Å². The summed E-state index contributed by atoms with van der Waals surface area (Å²) in [6, 6.07) is 3.01. The van der Waals surface area contributed by atoms with Crippen LogP contribution < -0.4 is 9.47 Å². The number of halogens is 1. The second kappa shape index (κ2) is 10.3. The monoisotopic (exact) mass is 481 g/mol. The fraction of sp³-hybridized carbons (Fsp3) is 0.381. The van der Waals surface area contributed by atoms with Gasteiger partial charge in [0.15, 0.2) is 18.1 Å². The molecule has 1 aromatic carbocycles. The minimum atomic E-state index is -0.693. The fourth-order valence-corrected chi connectivity index (χ4v) is 3.54. The first-order valence-corrected chi connectivity index (χ1v) is 10.1. The number of esters is 2. The highest BCUT2D eigenvalue weighted by Crippen LogP contribution is 2.36. The number of nitrogens with one attached hydrogen (secondary N) is 1. The lowest BCUT2D eigenvalue weighted by Gasteiger charge is -2.13. The number of aromatic nitrogens is 1. The van der Waals surface area contributed by atoms with Gasteiger partial charge in [0, 0.05) is 11.3 Å². The molecule has 0 bridgehead atoms. The molecule has 0 fully saturated rings. The average Bonchev–Trinajstić information content (AvgIpc) is 3.01. The number of hydrogen-bond acceptors (Lipinski definition) is 7. The molecular weight excluding hydrogens is 458 g/mol. The van der Waals surface area contributed by atoms with Crippen molar-refractivity contribution in [2.24, 2.45) is 0 Å². The fourth-order valence-electron chi connectivity index (χ4n) is 2.98. The smallest absolute Gasteiger partial charge is 0.355 e. The Hall–Kier alpha value is -2.81. The van der Waals surface area contributed by atoms with Gasteiger partial charge in [-0.25, -0.2) is 9.59 Å². The molecule has 1 aromatic heterocycles. The van der Waals surface area contributed by atoms with Crippen LogP contribution in [0.25, 0.3) is 0 Å². The second-order valence-electron chi connectivity index (χ2n) is 6.27. The van der Waals surface area contributed by atoms with Gasteiger partial charge >= 0.3 is 11.9 Å². The van der Waals surface area contributed by atoms with Gasteiger partial charge in [0.25, 0.3) is 0 Å². The number of ether oxygens (including phenoxy) is 4. The zero-order valence-corrected chi connectivity index (χ0v) is 19.1. The molecule has 162 valence electrons. The Morgan fingerprint density at radius 1 is 1.03 bits per heavy atom. The summed E-state index contributed by atoms with van der Waals surface area (Å²) in [5.41, 5.74) is 1.67. The Morgan fingerprint density at radius 3 is 2.33 bits per heavy atom. The van der Waals surface area contributed by atoms with Crippen LogP contribution in [-0.4, -0.2) is 49.6 Å². The standard InChI is InChI=1S/C21H24BrNO7/c1-6-28-19-14(22)8-13(9-16(19)27-5)20(25)30-10-15(24)17-11(3)18(23-12(17)4)21(26)29-7-2/h8-9,23H,6-7,10H2,1-5H3. The molecule has 0 aliphatic carbocycles. The quantitative estimate of drug-likeness (QED) is 0.425. The minimum absolute atomic E-state index is 0.199. The van der Waals surface area contributed by atoms with E-state index in [2.05, 4.69) is 20.9 Å². The summed E-state index contributed by atoms with van der Waals surface area (Å²) >= 11 is 3.35. The third kappa shape index (κ3) is 5.02. The van der Waals surface area contributed by atoms with Crippen LogP contribution in [0.5, 0.6) is 11.5 Å². The van der Waals surface area contributed by atoms with Gasteiger partial charge in [0.05, 0.1) is 30.4 Å². The maximum atomic E-state index is 12.6. The van der Waals surface area contributed by atoms with Crippen molar-refractivity contribution >= 4 is 33.7 Å². The highest BCUT2D eigenvalue weighted by molar-refractivity contribution is 9.10. The molecule has 1 N–H and O–H groups in total. The van der Waals surface area contributed by atoms with Gasteiger partial charge in [0.1, 0.15) is 5.69 Å².